The SMILES string of the molecule is CCCS(=O)(=O)c1ccc(NCC2CCC(=O)N2)cc1. The Kier molecular flexibility index (Phi) is 4.65. The van der Waals surface area contributed by atoms with E-state index in [2.05, 4.69) is 10.6 Å². The number of sulfone groups is 1. The predicted molar refractivity (Wildman–Crippen MR) is 78.4 cm³/mol. The van der Waals surface area contributed by atoms with Gasteiger partial charge in [0.15, 0.2) is 9.84 Å². The monoisotopic (exact) mass is 296 g/mol. The standard InChI is InChI=1S/C14H20N2O3S/c1-2-9-20(18,19)13-6-3-11(4-7-13)15-10-12-5-8-14(17)16-12/h3-4,6-7,12,15H,2,5,8-10H2,1H3,(H,16,17). The zero-order valence-corrected chi connectivity index (χ0v) is 12.4. The Balaban J connectivity index is 1.93. The van der Waals surface area contributed by atoms with Gasteiger partial charge in [-0.15, -0.1) is 0 Å². The summed E-state index contributed by atoms with van der Waals surface area (Å²) < 4.78 is 23.8. The molecule has 0 bridgehead atoms. The Morgan fingerprint density at radius 3 is 2.55 bits per heavy atom. The third-order valence-corrected chi connectivity index (χ3v) is 5.26. The van der Waals surface area contributed by atoms with Crippen molar-refractivity contribution in [1.82, 2.24) is 5.32 Å². The van der Waals surface area contributed by atoms with Crippen molar-refractivity contribution in [3.63, 3.8) is 0 Å². The number of nitrogens with one attached hydrogen (secondary N) is 2. The molecule has 2 N–H and O–H groups in total. The second-order valence-corrected chi connectivity index (χ2v) is 7.14. The molecule has 1 atom stereocenters. The highest BCUT2D eigenvalue weighted by Crippen LogP contribution is 2.16. The van der Waals surface area contributed by atoms with Crippen molar-refractivity contribution in [2.45, 2.75) is 37.1 Å². The van der Waals surface area contributed by atoms with Crippen LogP contribution < -0.4 is 10.6 Å². The van der Waals surface area contributed by atoms with E-state index in [0.29, 0.717) is 24.3 Å². The van der Waals surface area contributed by atoms with Crippen LogP contribution in [0.1, 0.15) is 26.2 Å². The second kappa shape index (κ2) is 6.26. The largest absolute Gasteiger partial charge is 0.383 e. The fourth-order valence-corrected chi connectivity index (χ4v) is 3.56. The summed E-state index contributed by atoms with van der Waals surface area (Å²) in [6.07, 6.45) is 2.04. The molecule has 1 amide bonds. The smallest absolute Gasteiger partial charge is 0.220 e. The first-order valence-corrected chi connectivity index (χ1v) is 8.52. The van der Waals surface area contributed by atoms with Crippen LogP contribution in [-0.4, -0.2) is 32.7 Å². The third-order valence-electron chi connectivity index (χ3n) is 3.32. The van der Waals surface area contributed by atoms with Gasteiger partial charge in [-0.1, -0.05) is 6.92 Å². The zero-order chi connectivity index (χ0) is 14.6. The van der Waals surface area contributed by atoms with Gasteiger partial charge in [0, 0.05) is 24.7 Å². The first kappa shape index (κ1) is 14.8. The van der Waals surface area contributed by atoms with Gasteiger partial charge in [-0.3, -0.25) is 4.79 Å². The van der Waals surface area contributed by atoms with Crippen molar-refractivity contribution >= 4 is 21.4 Å². The fraction of sp³-hybridized carbons (Fsp3) is 0.500. The number of carbonyl (C=O) groups excluding carboxylic acids is 1. The van der Waals surface area contributed by atoms with Crippen LogP contribution in [0.5, 0.6) is 0 Å². The van der Waals surface area contributed by atoms with Crippen molar-refractivity contribution < 1.29 is 13.2 Å². The van der Waals surface area contributed by atoms with Gasteiger partial charge in [0.2, 0.25) is 5.91 Å². The normalized spacial score (nSPS) is 18.9. The summed E-state index contributed by atoms with van der Waals surface area (Å²) in [6.45, 7) is 2.51. The molecule has 1 aliphatic heterocycles. The van der Waals surface area contributed by atoms with Crippen LogP contribution in [0.15, 0.2) is 29.2 Å². The Bertz CT molecular complexity index is 567. The Morgan fingerprint density at radius 1 is 1.30 bits per heavy atom. The average Bonchev–Trinajstić information content (AvgIpc) is 2.83. The summed E-state index contributed by atoms with van der Waals surface area (Å²) in [5.74, 6) is 0.270. The number of anilines is 1. The highest BCUT2D eigenvalue weighted by atomic mass is 32.2. The Morgan fingerprint density at radius 2 is 2.00 bits per heavy atom. The molecule has 0 saturated carbocycles. The van der Waals surface area contributed by atoms with Gasteiger partial charge in [-0.05, 0) is 37.1 Å². The summed E-state index contributed by atoms with van der Waals surface area (Å²) in [4.78, 5) is 11.4. The molecule has 0 aliphatic carbocycles. The summed E-state index contributed by atoms with van der Waals surface area (Å²) in [5.41, 5.74) is 0.863. The number of carbonyl (C=O) groups is 1. The van der Waals surface area contributed by atoms with Gasteiger partial charge in [0.1, 0.15) is 0 Å². The summed E-state index contributed by atoms with van der Waals surface area (Å²) in [5, 5.41) is 6.09. The van der Waals surface area contributed by atoms with Crippen molar-refractivity contribution in [2.24, 2.45) is 0 Å². The molecule has 5 nitrogen and oxygen atoms in total. The fourth-order valence-electron chi connectivity index (χ4n) is 2.24. The third kappa shape index (κ3) is 3.72. The van der Waals surface area contributed by atoms with E-state index in [1.54, 1.807) is 24.3 Å². The number of benzene rings is 1. The molecule has 6 heteroatoms. The van der Waals surface area contributed by atoms with Gasteiger partial charge in [-0.2, -0.15) is 0 Å². The lowest BCUT2D eigenvalue weighted by Crippen LogP contribution is -2.31. The quantitative estimate of drug-likeness (QED) is 0.835. The van der Waals surface area contributed by atoms with Crippen LogP contribution >= 0.6 is 0 Å². The van der Waals surface area contributed by atoms with E-state index in [0.717, 1.165) is 12.1 Å². The van der Waals surface area contributed by atoms with Crippen LogP contribution in [0.25, 0.3) is 0 Å². The summed E-state index contributed by atoms with van der Waals surface area (Å²) in [6, 6.07) is 6.94. The van der Waals surface area contributed by atoms with Gasteiger partial charge >= 0.3 is 0 Å². The lowest BCUT2D eigenvalue weighted by molar-refractivity contribution is -0.119. The molecule has 1 unspecified atom stereocenters. The van der Waals surface area contributed by atoms with Crippen molar-refractivity contribution in [2.75, 3.05) is 17.6 Å². The molecule has 1 heterocycles. The minimum Gasteiger partial charge on any atom is -0.383 e. The number of amides is 1. The minimum absolute atomic E-state index is 0.0952. The molecule has 1 aromatic carbocycles. The van der Waals surface area contributed by atoms with Crippen molar-refractivity contribution in [3.05, 3.63) is 24.3 Å². The lowest BCUT2D eigenvalue weighted by Gasteiger charge is -2.12. The zero-order valence-electron chi connectivity index (χ0n) is 11.6. The predicted octanol–water partition coefficient (Wildman–Crippen LogP) is 1.56. The van der Waals surface area contributed by atoms with Gasteiger partial charge in [0.05, 0.1) is 10.6 Å². The highest BCUT2D eigenvalue weighted by Gasteiger charge is 2.20. The molecule has 20 heavy (non-hydrogen) atoms. The maximum Gasteiger partial charge on any atom is 0.220 e. The highest BCUT2D eigenvalue weighted by molar-refractivity contribution is 7.91. The van der Waals surface area contributed by atoms with Gasteiger partial charge < -0.3 is 10.6 Å². The Labute approximate surface area is 119 Å². The number of rotatable bonds is 6. The van der Waals surface area contributed by atoms with Crippen molar-refractivity contribution in [3.8, 4) is 0 Å². The molecule has 1 fully saturated rings. The summed E-state index contributed by atoms with van der Waals surface area (Å²) >= 11 is 0. The van der Waals surface area contributed by atoms with E-state index >= 15 is 0 Å². The molecule has 0 spiro atoms. The maximum atomic E-state index is 11.9. The van der Waals surface area contributed by atoms with Crippen LogP contribution in [0, 0.1) is 0 Å². The molecular weight excluding hydrogens is 276 g/mol. The molecule has 1 saturated heterocycles. The van der Waals surface area contributed by atoms with Crippen LogP contribution in [0.4, 0.5) is 5.69 Å². The van der Waals surface area contributed by atoms with E-state index in [-0.39, 0.29) is 17.7 Å². The molecule has 0 aromatic heterocycles. The van der Waals surface area contributed by atoms with Crippen molar-refractivity contribution in [1.29, 1.82) is 0 Å². The number of hydrogen-bond acceptors (Lipinski definition) is 4. The molecular formula is C14H20N2O3S. The van der Waals surface area contributed by atoms with E-state index < -0.39 is 9.84 Å². The second-order valence-electron chi connectivity index (χ2n) is 5.03. The van der Waals surface area contributed by atoms with Crippen LogP contribution in [0.3, 0.4) is 0 Å². The Hall–Kier alpha value is -1.56. The van der Waals surface area contributed by atoms with E-state index in [1.165, 1.54) is 0 Å². The summed E-state index contributed by atoms with van der Waals surface area (Å²) in [7, 11) is -3.15. The minimum atomic E-state index is -3.15. The average molecular weight is 296 g/mol. The lowest BCUT2D eigenvalue weighted by atomic mass is 10.2. The van der Waals surface area contributed by atoms with Gasteiger partial charge in [0.25, 0.3) is 0 Å². The first-order valence-electron chi connectivity index (χ1n) is 6.87. The van der Waals surface area contributed by atoms with E-state index in [9.17, 15) is 13.2 Å². The molecule has 1 aromatic rings. The number of hydrogen-bond donors (Lipinski definition) is 2. The van der Waals surface area contributed by atoms with E-state index in [4.69, 9.17) is 0 Å². The maximum absolute atomic E-state index is 11.9. The van der Waals surface area contributed by atoms with Crippen LogP contribution in [0.2, 0.25) is 0 Å². The topological polar surface area (TPSA) is 75.3 Å². The molecule has 2 rings (SSSR count). The first-order chi connectivity index (χ1) is 9.51. The van der Waals surface area contributed by atoms with Crippen LogP contribution in [-0.2, 0) is 14.6 Å². The molecule has 110 valence electrons. The molecule has 1 aliphatic rings. The molecule has 0 radical (unpaired) electrons. The van der Waals surface area contributed by atoms with E-state index in [1.807, 2.05) is 6.92 Å². The van der Waals surface area contributed by atoms with Gasteiger partial charge in [-0.25, -0.2) is 8.42 Å².